The number of rotatable bonds is 3. The highest BCUT2D eigenvalue weighted by Gasteiger charge is 2.13. The van der Waals surface area contributed by atoms with Gasteiger partial charge in [-0.3, -0.25) is 4.90 Å². The first-order chi connectivity index (χ1) is 7.78. The van der Waals surface area contributed by atoms with Crippen molar-refractivity contribution in [3.05, 3.63) is 23.9 Å². The van der Waals surface area contributed by atoms with Crippen LogP contribution in [-0.4, -0.2) is 55.1 Å². The van der Waals surface area contributed by atoms with Gasteiger partial charge in [0.25, 0.3) is 0 Å². The number of nitrogens with zero attached hydrogens (tertiary/aromatic N) is 3. The fourth-order valence-electron chi connectivity index (χ4n) is 1.93. The molecule has 0 spiro atoms. The van der Waals surface area contributed by atoms with Crippen molar-refractivity contribution in [2.75, 3.05) is 45.6 Å². The number of aromatic nitrogens is 1. The van der Waals surface area contributed by atoms with E-state index in [1.165, 1.54) is 18.7 Å². The van der Waals surface area contributed by atoms with Gasteiger partial charge in [0.05, 0.1) is 0 Å². The maximum atomic E-state index is 4.33. The minimum atomic E-state index is 0.933. The van der Waals surface area contributed by atoms with Crippen LogP contribution in [0.4, 0.5) is 5.82 Å². The summed E-state index contributed by atoms with van der Waals surface area (Å²) in [7, 11) is 4.07. The minimum Gasteiger partial charge on any atom is -0.373 e. The molecule has 4 nitrogen and oxygen atoms in total. The summed E-state index contributed by atoms with van der Waals surface area (Å²) in [4.78, 5) is 9.19. The van der Waals surface area contributed by atoms with Crippen molar-refractivity contribution in [1.29, 1.82) is 0 Å². The molecule has 2 rings (SSSR count). The van der Waals surface area contributed by atoms with Crippen LogP contribution >= 0.6 is 0 Å². The summed E-state index contributed by atoms with van der Waals surface area (Å²) in [5.74, 6) is 0.933. The highest BCUT2D eigenvalue weighted by atomic mass is 15.2. The standard InChI is InChI=1S/C12H20N4/c1-13-12-4-3-11(9-14-12)10-16-7-5-15(2)6-8-16/h3-4,9H,5-8,10H2,1-2H3,(H,13,14). The van der Waals surface area contributed by atoms with Gasteiger partial charge in [0.1, 0.15) is 5.82 Å². The van der Waals surface area contributed by atoms with Gasteiger partial charge in [0.15, 0.2) is 0 Å². The summed E-state index contributed by atoms with van der Waals surface area (Å²) in [5.41, 5.74) is 1.29. The lowest BCUT2D eigenvalue weighted by molar-refractivity contribution is 0.148. The Labute approximate surface area is 97.3 Å². The van der Waals surface area contributed by atoms with E-state index in [2.05, 4.69) is 33.2 Å². The molecule has 4 heteroatoms. The van der Waals surface area contributed by atoms with Gasteiger partial charge >= 0.3 is 0 Å². The van der Waals surface area contributed by atoms with Crippen molar-refractivity contribution >= 4 is 5.82 Å². The van der Waals surface area contributed by atoms with E-state index in [1.807, 2.05) is 19.3 Å². The van der Waals surface area contributed by atoms with E-state index in [1.54, 1.807) is 0 Å². The Balaban J connectivity index is 1.88. The predicted molar refractivity (Wildman–Crippen MR) is 66.6 cm³/mol. The van der Waals surface area contributed by atoms with Gasteiger partial charge < -0.3 is 10.2 Å². The molecule has 1 aromatic rings. The van der Waals surface area contributed by atoms with Crippen LogP contribution < -0.4 is 5.32 Å². The van der Waals surface area contributed by atoms with Crippen LogP contribution in [-0.2, 0) is 6.54 Å². The lowest BCUT2D eigenvalue weighted by atomic mass is 10.2. The summed E-state index contributed by atoms with van der Waals surface area (Å²) in [6, 6.07) is 4.18. The topological polar surface area (TPSA) is 31.4 Å². The third kappa shape index (κ3) is 2.93. The van der Waals surface area contributed by atoms with E-state index in [0.717, 1.165) is 25.5 Å². The summed E-state index contributed by atoms with van der Waals surface area (Å²) in [6.07, 6.45) is 1.96. The van der Waals surface area contributed by atoms with E-state index >= 15 is 0 Å². The lowest BCUT2D eigenvalue weighted by Gasteiger charge is -2.32. The minimum absolute atomic E-state index is 0.933. The Morgan fingerprint density at radius 3 is 2.56 bits per heavy atom. The van der Waals surface area contributed by atoms with Crippen LogP contribution in [0, 0.1) is 0 Å². The molecule has 16 heavy (non-hydrogen) atoms. The van der Waals surface area contributed by atoms with Gasteiger partial charge in [0, 0.05) is 46.0 Å². The van der Waals surface area contributed by atoms with Crippen LogP contribution in [0.5, 0.6) is 0 Å². The molecule has 0 unspecified atom stereocenters. The molecule has 1 fully saturated rings. The van der Waals surface area contributed by atoms with Crippen LogP contribution in [0.15, 0.2) is 18.3 Å². The molecule has 2 heterocycles. The molecule has 0 atom stereocenters. The van der Waals surface area contributed by atoms with Crippen LogP contribution in [0.25, 0.3) is 0 Å². The van der Waals surface area contributed by atoms with E-state index in [0.29, 0.717) is 0 Å². The number of anilines is 1. The fourth-order valence-corrected chi connectivity index (χ4v) is 1.93. The number of nitrogens with one attached hydrogen (secondary N) is 1. The second-order valence-electron chi connectivity index (χ2n) is 4.38. The predicted octanol–water partition coefficient (Wildman–Crippen LogP) is 0.871. The molecule has 0 amide bonds. The first-order valence-electron chi connectivity index (χ1n) is 5.81. The number of piperazine rings is 1. The Kier molecular flexibility index (Phi) is 3.74. The largest absolute Gasteiger partial charge is 0.373 e. The number of pyridine rings is 1. The van der Waals surface area contributed by atoms with Crippen molar-refractivity contribution in [3.8, 4) is 0 Å². The molecular weight excluding hydrogens is 200 g/mol. The second-order valence-corrected chi connectivity index (χ2v) is 4.38. The van der Waals surface area contributed by atoms with Crippen LogP contribution in [0.1, 0.15) is 5.56 Å². The van der Waals surface area contributed by atoms with Crippen molar-refractivity contribution in [1.82, 2.24) is 14.8 Å². The Hall–Kier alpha value is -1.13. The molecule has 0 aromatic carbocycles. The first kappa shape index (κ1) is 11.4. The first-order valence-corrected chi connectivity index (χ1v) is 5.81. The van der Waals surface area contributed by atoms with Gasteiger partial charge in [-0.05, 0) is 18.7 Å². The molecule has 1 saturated heterocycles. The fraction of sp³-hybridized carbons (Fsp3) is 0.583. The smallest absolute Gasteiger partial charge is 0.125 e. The van der Waals surface area contributed by atoms with Gasteiger partial charge in [-0.1, -0.05) is 6.07 Å². The third-order valence-corrected chi connectivity index (χ3v) is 3.08. The average molecular weight is 220 g/mol. The molecule has 88 valence electrons. The summed E-state index contributed by atoms with van der Waals surface area (Å²) >= 11 is 0. The van der Waals surface area contributed by atoms with Crippen molar-refractivity contribution in [2.45, 2.75) is 6.54 Å². The number of hydrogen-bond acceptors (Lipinski definition) is 4. The number of likely N-dealkylation sites (N-methyl/N-ethyl adjacent to an activating group) is 1. The van der Waals surface area contributed by atoms with Crippen molar-refractivity contribution < 1.29 is 0 Å². The Morgan fingerprint density at radius 2 is 2.00 bits per heavy atom. The molecule has 0 bridgehead atoms. The zero-order valence-corrected chi connectivity index (χ0v) is 10.1. The average Bonchev–Trinajstić information content (AvgIpc) is 2.33. The van der Waals surface area contributed by atoms with Crippen LogP contribution in [0.2, 0.25) is 0 Å². The molecule has 0 aliphatic carbocycles. The number of hydrogen-bond donors (Lipinski definition) is 1. The molecule has 1 N–H and O–H groups in total. The molecule has 0 saturated carbocycles. The van der Waals surface area contributed by atoms with Gasteiger partial charge in [-0.15, -0.1) is 0 Å². The maximum Gasteiger partial charge on any atom is 0.125 e. The maximum absolute atomic E-state index is 4.33. The highest BCUT2D eigenvalue weighted by Crippen LogP contribution is 2.09. The summed E-state index contributed by atoms with van der Waals surface area (Å²) in [6.45, 7) is 5.67. The van der Waals surface area contributed by atoms with Gasteiger partial charge in [-0.25, -0.2) is 4.98 Å². The lowest BCUT2D eigenvalue weighted by Crippen LogP contribution is -2.43. The van der Waals surface area contributed by atoms with Gasteiger partial charge in [-0.2, -0.15) is 0 Å². The molecule has 0 radical (unpaired) electrons. The van der Waals surface area contributed by atoms with E-state index in [-0.39, 0.29) is 0 Å². The van der Waals surface area contributed by atoms with Crippen molar-refractivity contribution in [3.63, 3.8) is 0 Å². The normalized spacial score (nSPS) is 18.6. The summed E-state index contributed by atoms with van der Waals surface area (Å²) < 4.78 is 0. The highest BCUT2D eigenvalue weighted by molar-refractivity contribution is 5.34. The van der Waals surface area contributed by atoms with E-state index < -0.39 is 0 Å². The molecule has 1 aromatic heterocycles. The van der Waals surface area contributed by atoms with Crippen molar-refractivity contribution in [2.24, 2.45) is 0 Å². The molecule has 1 aliphatic rings. The molecular formula is C12H20N4. The monoisotopic (exact) mass is 220 g/mol. The Bertz CT molecular complexity index is 314. The Morgan fingerprint density at radius 1 is 1.25 bits per heavy atom. The van der Waals surface area contributed by atoms with E-state index in [4.69, 9.17) is 0 Å². The molecule has 1 aliphatic heterocycles. The third-order valence-electron chi connectivity index (χ3n) is 3.08. The van der Waals surface area contributed by atoms with E-state index in [9.17, 15) is 0 Å². The van der Waals surface area contributed by atoms with Gasteiger partial charge in [0.2, 0.25) is 0 Å². The SMILES string of the molecule is CNc1ccc(CN2CCN(C)CC2)cn1. The zero-order chi connectivity index (χ0) is 11.4. The van der Waals surface area contributed by atoms with Crippen LogP contribution in [0.3, 0.4) is 0 Å². The quantitative estimate of drug-likeness (QED) is 0.819. The zero-order valence-electron chi connectivity index (χ0n) is 10.1. The second kappa shape index (κ2) is 5.27. The summed E-state index contributed by atoms with van der Waals surface area (Å²) in [5, 5.41) is 3.03.